The highest BCUT2D eigenvalue weighted by Gasteiger charge is 2.41. The first-order valence-electron chi connectivity index (χ1n) is 8.03. The summed E-state index contributed by atoms with van der Waals surface area (Å²) >= 11 is 0. The van der Waals surface area contributed by atoms with Crippen LogP contribution < -0.4 is 9.80 Å². The lowest BCUT2D eigenvalue weighted by atomic mass is 10.0. The van der Waals surface area contributed by atoms with E-state index in [0.29, 0.717) is 17.7 Å². The molecule has 0 aromatic carbocycles. The van der Waals surface area contributed by atoms with Crippen LogP contribution in [0.15, 0.2) is 24.4 Å². The van der Waals surface area contributed by atoms with Gasteiger partial charge in [0.1, 0.15) is 0 Å². The second-order valence-electron chi connectivity index (χ2n) is 6.59. The maximum Gasteiger partial charge on any atom is 0.225 e. The van der Waals surface area contributed by atoms with E-state index in [0.717, 1.165) is 43.5 Å². The van der Waals surface area contributed by atoms with Crippen molar-refractivity contribution in [1.29, 1.82) is 0 Å². The largest absolute Gasteiger partial charge is 0.353 e. The Bertz CT molecular complexity index is 700. The first-order valence-corrected chi connectivity index (χ1v) is 8.03. The van der Waals surface area contributed by atoms with Crippen LogP contribution in [0.25, 0.3) is 0 Å². The molecular formula is C17H20FN5. The number of aryl methyl sites for hydroxylation is 2. The van der Waals surface area contributed by atoms with Crippen LogP contribution in [-0.2, 0) is 0 Å². The summed E-state index contributed by atoms with van der Waals surface area (Å²) in [6.07, 6.45) is 1.65. The molecule has 2 saturated heterocycles. The Hall–Kier alpha value is -2.24. The van der Waals surface area contributed by atoms with Crippen molar-refractivity contribution in [2.24, 2.45) is 11.8 Å². The van der Waals surface area contributed by atoms with Gasteiger partial charge in [0.25, 0.3) is 0 Å². The normalized spacial score (nSPS) is 23.4. The summed E-state index contributed by atoms with van der Waals surface area (Å²) in [5.74, 6) is 2.10. The van der Waals surface area contributed by atoms with Crippen LogP contribution in [0.2, 0.25) is 0 Å². The minimum atomic E-state index is -0.234. The standard InChI is InChI=1S/C17H20FN5/c1-11-6-12(2)21-17(20-11)23-9-13-7-22(8-14(13)10-23)16-15(18)4-3-5-19-16/h3-6,13-14H,7-10H2,1-2H3. The minimum absolute atomic E-state index is 0.234. The summed E-state index contributed by atoms with van der Waals surface area (Å²) in [5.41, 5.74) is 2.00. The number of anilines is 2. The van der Waals surface area contributed by atoms with Crippen molar-refractivity contribution >= 4 is 11.8 Å². The topological polar surface area (TPSA) is 45.2 Å². The molecule has 120 valence electrons. The molecule has 0 spiro atoms. The van der Waals surface area contributed by atoms with E-state index in [2.05, 4.69) is 24.8 Å². The van der Waals surface area contributed by atoms with Crippen molar-refractivity contribution < 1.29 is 4.39 Å². The van der Waals surface area contributed by atoms with E-state index in [1.165, 1.54) is 6.07 Å². The van der Waals surface area contributed by atoms with E-state index >= 15 is 0 Å². The Kier molecular flexibility index (Phi) is 3.39. The Balaban J connectivity index is 1.49. The maximum atomic E-state index is 13.9. The molecule has 2 atom stereocenters. The first kappa shape index (κ1) is 14.4. The molecule has 0 amide bonds. The van der Waals surface area contributed by atoms with Crippen LogP contribution in [0, 0.1) is 31.5 Å². The molecule has 4 heterocycles. The highest BCUT2D eigenvalue weighted by molar-refractivity contribution is 5.43. The van der Waals surface area contributed by atoms with Crippen LogP contribution in [0.3, 0.4) is 0 Å². The SMILES string of the molecule is Cc1cc(C)nc(N2CC3CN(c4ncccc4F)CC3C2)n1. The number of nitrogens with zero attached hydrogens (tertiary/aromatic N) is 5. The molecule has 2 unspecified atom stereocenters. The van der Waals surface area contributed by atoms with E-state index in [1.54, 1.807) is 12.3 Å². The van der Waals surface area contributed by atoms with Gasteiger partial charge in [-0.05, 0) is 32.0 Å². The predicted octanol–water partition coefficient (Wildman–Crippen LogP) is 2.20. The van der Waals surface area contributed by atoms with E-state index in [4.69, 9.17) is 0 Å². The van der Waals surface area contributed by atoms with Gasteiger partial charge in [-0.1, -0.05) is 0 Å². The predicted molar refractivity (Wildman–Crippen MR) is 87.1 cm³/mol. The number of pyridine rings is 1. The van der Waals surface area contributed by atoms with E-state index in [9.17, 15) is 4.39 Å². The van der Waals surface area contributed by atoms with Crippen molar-refractivity contribution in [1.82, 2.24) is 15.0 Å². The molecule has 2 aliphatic rings. The summed E-state index contributed by atoms with van der Waals surface area (Å²) < 4.78 is 13.9. The van der Waals surface area contributed by atoms with Gasteiger partial charge in [-0.2, -0.15) is 0 Å². The molecule has 23 heavy (non-hydrogen) atoms. The Morgan fingerprint density at radius 2 is 1.61 bits per heavy atom. The fourth-order valence-corrected chi connectivity index (χ4v) is 3.79. The van der Waals surface area contributed by atoms with E-state index < -0.39 is 0 Å². The average molecular weight is 313 g/mol. The van der Waals surface area contributed by atoms with Gasteiger partial charge in [-0.3, -0.25) is 0 Å². The number of hydrogen-bond donors (Lipinski definition) is 0. The third-order valence-electron chi connectivity index (χ3n) is 4.78. The minimum Gasteiger partial charge on any atom is -0.353 e. The van der Waals surface area contributed by atoms with Gasteiger partial charge in [0.15, 0.2) is 11.6 Å². The van der Waals surface area contributed by atoms with Gasteiger partial charge < -0.3 is 9.80 Å². The second-order valence-corrected chi connectivity index (χ2v) is 6.59. The molecule has 5 nitrogen and oxygen atoms in total. The highest BCUT2D eigenvalue weighted by Crippen LogP contribution is 2.35. The van der Waals surface area contributed by atoms with Crippen molar-refractivity contribution in [2.45, 2.75) is 13.8 Å². The zero-order valence-electron chi connectivity index (χ0n) is 13.4. The fourth-order valence-electron chi connectivity index (χ4n) is 3.79. The van der Waals surface area contributed by atoms with Gasteiger partial charge in [0.2, 0.25) is 5.95 Å². The van der Waals surface area contributed by atoms with Crippen LogP contribution in [0.4, 0.5) is 16.2 Å². The van der Waals surface area contributed by atoms with Crippen molar-refractivity contribution in [3.8, 4) is 0 Å². The summed E-state index contributed by atoms with van der Waals surface area (Å²) in [6, 6.07) is 5.10. The number of aromatic nitrogens is 3. The smallest absolute Gasteiger partial charge is 0.225 e. The molecule has 2 aromatic rings. The third-order valence-corrected chi connectivity index (χ3v) is 4.78. The zero-order chi connectivity index (χ0) is 16.0. The first-order chi connectivity index (χ1) is 11.1. The third kappa shape index (κ3) is 2.62. The molecule has 2 aliphatic heterocycles. The zero-order valence-corrected chi connectivity index (χ0v) is 13.4. The Morgan fingerprint density at radius 1 is 1.00 bits per heavy atom. The Morgan fingerprint density at radius 3 is 2.22 bits per heavy atom. The Labute approximate surface area is 135 Å². The number of hydrogen-bond acceptors (Lipinski definition) is 5. The van der Waals surface area contributed by atoms with Crippen LogP contribution >= 0.6 is 0 Å². The molecule has 0 aliphatic carbocycles. The van der Waals surface area contributed by atoms with Crippen LogP contribution in [-0.4, -0.2) is 41.1 Å². The molecule has 0 bridgehead atoms. The lowest BCUT2D eigenvalue weighted by Crippen LogP contribution is -2.30. The lowest BCUT2D eigenvalue weighted by molar-refractivity contribution is 0.533. The van der Waals surface area contributed by atoms with Crippen LogP contribution in [0.1, 0.15) is 11.4 Å². The van der Waals surface area contributed by atoms with Gasteiger partial charge in [-0.15, -0.1) is 0 Å². The van der Waals surface area contributed by atoms with Gasteiger partial charge in [-0.25, -0.2) is 19.3 Å². The van der Waals surface area contributed by atoms with Crippen molar-refractivity contribution in [3.63, 3.8) is 0 Å². The van der Waals surface area contributed by atoms with Gasteiger partial charge >= 0.3 is 0 Å². The molecule has 4 rings (SSSR count). The number of halogens is 1. The monoisotopic (exact) mass is 313 g/mol. The quantitative estimate of drug-likeness (QED) is 0.850. The fraction of sp³-hybridized carbons (Fsp3) is 0.471. The molecule has 2 fully saturated rings. The molecular weight excluding hydrogens is 293 g/mol. The lowest BCUT2D eigenvalue weighted by Gasteiger charge is -2.23. The summed E-state index contributed by atoms with van der Waals surface area (Å²) in [7, 11) is 0. The second kappa shape index (κ2) is 5.44. The molecule has 2 aromatic heterocycles. The molecule has 6 heteroatoms. The maximum absolute atomic E-state index is 13.9. The summed E-state index contributed by atoms with van der Waals surface area (Å²) in [4.78, 5) is 17.7. The van der Waals surface area contributed by atoms with Crippen molar-refractivity contribution in [3.05, 3.63) is 41.6 Å². The van der Waals surface area contributed by atoms with E-state index in [1.807, 2.05) is 19.9 Å². The number of fused-ring (bicyclic) bond motifs is 1. The summed E-state index contributed by atoms with van der Waals surface area (Å²) in [6.45, 7) is 7.55. The summed E-state index contributed by atoms with van der Waals surface area (Å²) in [5, 5.41) is 0. The number of rotatable bonds is 2. The van der Waals surface area contributed by atoms with E-state index in [-0.39, 0.29) is 5.82 Å². The van der Waals surface area contributed by atoms with Gasteiger partial charge in [0.05, 0.1) is 0 Å². The average Bonchev–Trinajstić information content (AvgIpc) is 3.05. The van der Waals surface area contributed by atoms with Gasteiger partial charge in [0, 0.05) is 55.6 Å². The molecule has 0 N–H and O–H groups in total. The van der Waals surface area contributed by atoms with Crippen molar-refractivity contribution in [2.75, 3.05) is 36.0 Å². The van der Waals surface area contributed by atoms with Crippen LogP contribution in [0.5, 0.6) is 0 Å². The molecule has 0 saturated carbocycles. The molecule has 0 radical (unpaired) electrons. The highest BCUT2D eigenvalue weighted by atomic mass is 19.1.